The van der Waals surface area contributed by atoms with Crippen molar-refractivity contribution < 1.29 is 5.11 Å². The van der Waals surface area contributed by atoms with Gasteiger partial charge < -0.3 is 10.4 Å². The number of aliphatic hydroxyl groups is 1. The number of hydrogen-bond donors (Lipinski definition) is 3. The molecule has 2 saturated heterocycles. The number of aliphatic hydroxyl groups excluding tert-OH is 1. The predicted molar refractivity (Wildman–Crippen MR) is 73.0 cm³/mol. The Morgan fingerprint density at radius 3 is 2.20 bits per heavy atom. The molecule has 2 rings (SSSR count). The fraction of sp³-hybridized carbons (Fsp3) is 1.00. The molecule has 0 spiro atoms. The van der Waals surface area contributed by atoms with Crippen LogP contribution in [0.2, 0.25) is 0 Å². The zero-order valence-corrected chi connectivity index (χ0v) is 12.4. The highest BCUT2D eigenvalue weighted by Crippen LogP contribution is 2.24. The van der Waals surface area contributed by atoms with Gasteiger partial charge in [-0.3, -0.25) is 5.32 Å². The van der Waals surface area contributed by atoms with Crippen LogP contribution in [0, 0.1) is 5.92 Å². The van der Waals surface area contributed by atoms with Crippen molar-refractivity contribution >= 4 is 34.0 Å². The smallest absolute Gasteiger partial charge is 0.109 e. The molecule has 3 nitrogen and oxygen atoms in total. The minimum absolute atomic E-state index is 0. The molecule has 0 saturated carbocycles. The topological polar surface area (TPSA) is 44.3 Å². The molecular formula is C10H22Br2N2O. The Bertz CT molecular complexity index is 166. The Morgan fingerprint density at radius 1 is 0.867 bits per heavy atom. The monoisotopic (exact) mass is 344 g/mol. The first kappa shape index (κ1) is 15.8. The lowest BCUT2D eigenvalue weighted by Crippen LogP contribution is -2.51. The first-order valence-electron chi connectivity index (χ1n) is 5.53. The van der Waals surface area contributed by atoms with Crippen molar-refractivity contribution in [3.63, 3.8) is 0 Å². The predicted octanol–water partition coefficient (Wildman–Crippen LogP) is 1.60. The van der Waals surface area contributed by atoms with E-state index in [4.69, 9.17) is 0 Å². The van der Waals surface area contributed by atoms with Crippen LogP contribution in [-0.2, 0) is 0 Å². The van der Waals surface area contributed by atoms with E-state index in [-0.39, 0.29) is 40.2 Å². The number of nitrogens with one attached hydrogen (secondary N) is 2. The normalized spacial score (nSPS) is 36.2. The summed E-state index contributed by atoms with van der Waals surface area (Å²) in [6.07, 6.45) is 5.97. The third-order valence-electron chi connectivity index (χ3n) is 3.34. The molecule has 2 fully saturated rings. The van der Waals surface area contributed by atoms with Gasteiger partial charge in [-0.05, 0) is 38.8 Å². The van der Waals surface area contributed by atoms with Crippen molar-refractivity contribution in [3.8, 4) is 0 Å². The van der Waals surface area contributed by atoms with Crippen LogP contribution in [0.15, 0.2) is 0 Å². The standard InChI is InChI=1S/C10H20N2O.2BrH/c13-10-8(4-3-7-12-10)9-5-1-2-6-11-9;;/h8-13H,1-7H2;2*1H. The summed E-state index contributed by atoms with van der Waals surface area (Å²) in [6, 6.07) is 0.552. The highest BCUT2D eigenvalue weighted by Gasteiger charge is 2.30. The van der Waals surface area contributed by atoms with E-state index in [0.717, 1.165) is 13.1 Å². The van der Waals surface area contributed by atoms with Crippen molar-refractivity contribution in [2.75, 3.05) is 13.1 Å². The van der Waals surface area contributed by atoms with Crippen LogP contribution in [0.5, 0.6) is 0 Å². The van der Waals surface area contributed by atoms with E-state index >= 15 is 0 Å². The van der Waals surface area contributed by atoms with E-state index in [1.54, 1.807) is 0 Å². The van der Waals surface area contributed by atoms with E-state index in [0.29, 0.717) is 12.0 Å². The molecule has 2 heterocycles. The summed E-state index contributed by atoms with van der Waals surface area (Å²) in [7, 11) is 0. The molecular weight excluding hydrogens is 324 g/mol. The quantitative estimate of drug-likeness (QED) is 0.676. The molecule has 92 valence electrons. The van der Waals surface area contributed by atoms with Crippen LogP contribution in [0.4, 0.5) is 0 Å². The van der Waals surface area contributed by atoms with Crippen LogP contribution < -0.4 is 10.6 Å². The Kier molecular flexibility index (Phi) is 8.46. The van der Waals surface area contributed by atoms with Crippen LogP contribution >= 0.6 is 34.0 Å². The molecule has 2 aliphatic heterocycles. The molecule has 0 aliphatic carbocycles. The Hall–Kier alpha value is 0.840. The summed E-state index contributed by atoms with van der Waals surface area (Å²) >= 11 is 0. The molecule has 3 N–H and O–H groups in total. The summed E-state index contributed by atoms with van der Waals surface area (Å²) in [5.41, 5.74) is 0. The molecule has 0 radical (unpaired) electrons. The van der Waals surface area contributed by atoms with Crippen LogP contribution in [0.25, 0.3) is 0 Å². The lowest BCUT2D eigenvalue weighted by Gasteiger charge is -2.37. The fourth-order valence-corrected chi connectivity index (χ4v) is 2.56. The van der Waals surface area contributed by atoms with E-state index in [1.165, 1.54) is 32.1 Å². The van der Waals surface area contributed by atoms with Crippen molar-refractivity contribution in [2.45, 2.75) is 44.4 Å². The van der Waals surface area contributed by atoms with E-state index < -0.39 is 0 Å². The maximum atomic E-state index is 9.77. The average molecular weight is 346 g/mol. The van der Waals surface area contributed by atoms with Gasteiger partial charge in [0.2, 0.25) is 0 Å². The number of rotatable bonds is 1. The average Bonchev–Trinajstić information content (AvgIpc) is 2.20. The van der Waals surface area contributed by atoms with Gasteiger partial charge in [-0.15, -0.1) is 34.0 Å². The van der Waals surface area contributed by atoms with Crippen molar-refractivity contribution in [1.29, 1.82) is 0 Å². The number of hydrogen-bond acceptors (Lipinski definition) is 3. The first-order valence-corrected chi connectivity index (χ1v) is 5.53. The number of piperidine rings is 2. The van der Waals surface area contributed by atoms with Crippen LogP contribution in [0.1, 0.15) is 32.1 Å². The van der Waals surface area contributed by atoms with E-state index in [2.05, 4.69) is 10.6 Å². The zero-order valence-electron chi connectivity index (χ0n) is 8.95. The van der Waals surface area contributed by atoms with Gasteiger partial charge in [-0.2, -0.15) is 0 Å². The van der Waals surface area contributed by atoms with E-state index in [1.807, 2.05) is 0 Å². The summed E-state index contributed by atoms with van der Waals surface area (Å²) in [4.78, 5) is 0. The molecule has 3 atom stereocenters. The third kappa shape index (κ3) is 4.30. The molecule has 2 aliphatic rings. The van der Waals surface area contributed by atoms with Gasteiger partial charge in [0.1, 0.15) is 6.23 Å². The van der Waals surface area contributed by atoms with Gasteiger partial charge >= 0.3 is 0 Å². The molecule has 5 heteroatoms. The van der Waals surface area contributed by atoms with Gasteiger partial charge in [0.25, 0.3) is 0 Å². The molecule has 0 aromatic rings. The van der Waals surface area contributed by atoms with E-state index in [9.17, 15) is 5.11 Å². The van der Waals surface area contributed by atoms with Gasteiger partial charge in [-0.25, -0.2) is 0 Å². The van der Waals surface area contributed by atoms with Crippen LogP contribution in [0.3, 0.4) is 0 Å². The first-order chi connectivity index (χ1) is 6.38. The Labute approximate surface area is 113 Å². The molecule has 0 bridgehead atoms. The molecule has 3 unspecified atom stereocenters. The largest absolute Gasteiger partial charge is 0.378 e. The highest BCUT2D eigenvalue weighted by atomic mass is 79.9. The number of halogens is 2. The lowest BCUT2D eigenvalue weighted by molar-refractivity contribution is 0.0246. The zero-order chi connectivity index (χ0) is 9.10. The second-order valence-corrected chi connectivity index (χ2v) is 4.26. The lowest BCUT2D eigenvalue weighted by atomic mass is 9.85. The SMILES string of the molecule is Br.Br.OC1NCCCC1C1CCCCN1. The molecule has 0 amide bonds. The summed E-state index contributed by atoms with van der Waals surface area (Å²) in [5.74, 6) is 0.439. The Balaban J connectivity index is 0.000000980. The summed E-state index contributed by atoms with van der Waals surface area (Å²) < 4.78 is 0. The molecule has 0 aromatic heterocycles. The minimum Gasteiger partial charge on any atom is -0.378 e. The highest BCUT2D eigenvalue weighted by molar-refractivity contribution is 8.93. The van der Waals surface area contributed by atoms with Crippen molar-refractivity contribution in [2.24, 2.45) is 5.92 Å². The second-order valence-electron chi connectivity index (χ2n) is 4.26. The van der Waals surface area contributed by atoms with Crippen LogP contribution in [-0.4, -0.2) is 30.5 Å². The molecule has 0 aromatic carbocycles. The van der Waals surface area contributed by atoms with Gasteiger partial charge in [0, 0.05) is 12.0 Å². The minimum atomic E-state index is -0.274. The second kappa shape index (κ2) is 8.01. The maximum Gasteiger partial charge on any atom is 0.109 e. The maximum absolute atomic E-state index is 9.77. The summed E-state index contributed by atoms with van der Waals surface area (Å²) in [6.45, 7) is 2.11. The van der Waals surface area contributed by atoms with Gasteiger partial charge in [0.15, 0.2) is 0 Å². The fourth-order valence-electron chi connectivity index (χ4n) is 2.56. The third-order valence-corrected chi connectivity index (χ3v) is 3.34. The van der Waals surface area contributed by atoms with Crippen molar-refractivity contribution in [1.82, 2.24) is 10.6 Å². The Morgan fingerprint density at radius 2 is 1.60 bits per heavy atom. The van der Waals surface area contributed by atoms with Gasteiger partial charge in [-0.1, -0.05) is 6.42 Å². The van der Waals surface area contributed by atoms with Crippen molar-refractivity contribution in [3.05, 3.63) is 0 Å². The molecule has 15 heavy (non-hydrogen) atoms. The summed E-state index contributed by atoms with van der Waals surface area (Å²) in [5, 5.41) is 16.4. The van der Waals surface area contributed by atoms with Gasteiger partial charge in [0.05, 0.1) is 0 Å².